The summed E-state index contributed by atoms with van der Waals surface area (Å²) in [7, 11) is 1.65. The van der Waals surface area contributed by atoms with E-state index in [0.717, 1.165) is 93.1 Å². The van der Waals surface area contributed by atoms with Crippen molar-refractivity contribution in [3.63, 3.8) is 0 Å². The van der Waals surface area contributed by atoms with E-state index in [4.69, 9.17) is 9.47 Å². The second-order valence-electron chi connectivity index (χ2n) is 10.1. The first-order chi connectivity index (χ1) is 18.7. The van der Waals surface area contributed by atoms with Gasteiger partial charge in [-0.05, 0) is 73.3 Å². The summed E-state index contributed by atoms with van der Waals surface area (Å²) in [5, 5.41) is 1.95. The van der Waals surface area contributed by atoms with Crippen LogP contribution in [0.15, 0.2) is 47.7 Å². The van der Waals surface area contributed by atoms with Crippen LogP contribution in [0.1, 0.15) is 36.0 Å². The van der Waals surface area contributed by atoms with Crippen molar-refractivity contribution in [3.8, 4) is 11.5 Å². The van der Waals surface area contributed by atoms with Crippen LogP contribution in [-0.4, -0.2) is 90.9 Å². The topological polar surface area (TPSA) is 83.4 Å². The van der Waals surface area contributed by atoms with Crippen molar-refractivity contribution in [1.29, 1.82) is 0 Å². The fourth-order valence-electron chi connectivity index (χ4n) is 5.61. The highest BCUT2D eigenvalue weighted by Crippen LogP contribution is 2.37. The molecule has 1 amide bonds. The molecule has 2 saturated heterocycles. The van der Waals surface area contributed by atoms with Gasteiger partial charge < -0.3 is 19.3 Å². The molecule has 3 aliphatic heterocycles. The first kappa shape index (κ1) is 24.6. The molecule has 2 aromatic carbocycles. The van der Waals surface area contributed by atoms with Crippen molar-refractivity contribution in [2.45, 2.75) is 31.7 Å². The number of carbonyl (C=O) groups excluding carboxylic acids is 1. The maximum absolute atomic E-state index is 13.2. The van der Waals surface area contributed by atoms with Crippen molar-refractivity contribution in [2.24, 2.45) is 4.99 Å². The van der Waals surface area contributed by atoms with Crippen LogP contribution in [0.5, 0.6) is 11.5 Å². The molecule has 0 saturated carbocycles. The number of hydrogen-bond donors (Lipinski definition) is 0. The van der Waals surface area contributed by atoms with E-state index in [9.17, 15) is 4.79 Å². The fraction of sp³-hybridized carbons (Fsp3) is 0.448. The minimum atomic E-state index is 0.0657. The number of anilines is 1. The Bertz CT molecular complexity index is 1320. The number of nitrogens with zero attached hydrogens (tertiary/aromatic N) is 6. The first-order valence-electron chi connectivity index (χ1n) is 13.6. The van der Waals surface area contributed by atoms with Gasteiger partial charge in [-0.3, -0.25) is 14.7 Å². The van der Waals surface area contributed by atoms with Crippen molar-refractivity contribution in [3.05, 3.63) is 48.3 Å². The van der Waals surface area contributed by atoms with Gasteiger partial charge >= 0.3 is 0 Å². The lowest BCUT2D eigenvalue weighted by Gasteiger charge is -2.34. The number of benzene rings is 2. The summed E-state index contributed by atoms with van der Waals surface area (Å²) in [6.45, 7) is 6.41. The molecule has 3 aromatic rings. The SMILES string of the molecule is COc1cc2cc3c(cc2cc1OCCCCN1CCN(c2ncccn2)CC1)N=C[C@@H]1CCCN1C3=O. The molecular formula is C29H34N6O3. The van der Waals surface area contributed by atoms with Crippen LogP contribution in [0.2, 0.25) is 0 Å². The average Bonchev–Trinajstić information content (AvgIpc) is 3.39. The number of carbonyl (C=O) groups is 1. The van der Waals surface area contributed by atoms with Gasteiger partial charge in [0.2, 0.25) is 5.95 Å². The molecule has 0 spiro atoms. The zero-order valence-electron chi connectivity index (χ0n) is 21.9. The second-order valence-corrected chi connectivity index (χ2v) is 10.1. The Morgan fingerprint density at radius 2 is 1.74 bits per heavy atom. The Kier molecular flexibility index (Phi) is 7.09. The maximum Gasteiger partial charge on any atom is 0.256 e. The zero-order valence-corrected chi connectivity index (χ0v) is 21.9. The zero-order chi connectivity index (χ0) is 25.9. The molecule has 9 nitrogen and oxygen atoms in total. The smallest absolute Gasteiger partial charge is 0.256 e. The maximum atomic E-state index is 13.2. The van der Waals surface area contributed by atoms with Crippen LogP contribution in [0.3, 0.4) is 0 Å². The standard InChI is InChI=1S/C29H34N6O3/c1-37-26-18-21-16-24-25(32-20-23-6-4-10-35(23)28(24)36)17-22(21)19-27(26)38-15-3-2-9-33-11-13-34(14-12-33)29-30-7-5-8-31-29/h5,7-8,16-20,23H,2-4,6,9-15H2,1H3/t23-/m0/s1. The van der Waals surface area contributed by atoms with Crippen LogP contribution in [0.25, 0.3) is 10.8 Å². The lowest BCUT2D eigenvalue weighted by atomic mass is 10.0. The van der Waals surface area contributed by atoms with Gasteiger partial charge in [0, 0.05) is 51.3 Å². The van der Waals surface area contributed by atoms with Crippen LogP contribution in [-0.2, 0) is 0 Å². The van der Waals surface area contributed by atoms with E-state index in [-0.39, 0.29) is 11.9 Å². The molecule has 198 valence electrons. The summed E-state index contributed by atoms with van der Waals surface area (Å²) < 4.78 is 11.8. The molecule has 2 fully saturated rings. The Morgan fingerprint density at radius 3 is 2.55 bits per heavy atom. The quantitative estimate of drug-likeness (QED) is 0.421. The number of fused-ring (bicyclic) bond motifs is 3. The number of methoxy groups -OCH3 is 1. The number of aromatic nitrogens is 2. The Morgan fingerprint density at radius 1 is 0.947 bits per heavy atom. The molecule has 9 heteroatoms. The van der Waals surface area contributed by atoms with E-state index in [1.807, 2.05) is 41.4 Å². The van der Waals surface area contributed by atoms with Crippen LogP contribution in [0, 0.1) is 0 Å². The summed E-state index contributed by atoms with van der Waals surface area (Å²) >= 11 is 0. The summed E-state index contributed by atoms with van der Waals surface area (Å²) in [4.78, 5) is 33.2. The molecule has 4 heterocycles. The highest BCUT2D eigenvalue weighted by molar-refractivity contribution is 6.07. The summed E-state index contributed by atoms with van der Waals surface area (Å²) in [6.07, 6.45) is 9.56. The van der Waals surface area contributed by atoms with E-state index < -0.39 is 0 Å². The molecule has 38 heavy (non-hydrogen) atoms. The van der Waals surface area contributed by atoms with E-state index in [1.54, 1.807) is 19.5 Å². The highest BCUT2D eigenvalue weighted by Gasteiger charge is 2.31. The van der Waals surface area contributed by atoms with Gasteiger partial charge in [-0.25, -0.2) is 9.97 Å². The number of rotatable bonds is 8. The Labute approximate surface area is 223 Å². The normalized spacial score (nSPS) is 19.4. The molecule has 3 aliphatic rings. The molecule has 0 unspecified atom stereocenters. The Hall–Kier alpha value is -3.72. The van der Waals surface area contributed by atoms with Crippen molar-refractivity contribution in [1.82, 2.24) is 19.8 Å². The molecule has 1 aromatic heterocycles. The average molecular weight is 515 g/mol. The Balaban J connectivity index is 1.05. The minimum Gasteiger partial charge on any atom is -0.493 e. The van der Waals surface area contributed by atoms with Gasteiger partial charge in [-0.1, -0.05) is 0 Å². The number of piperazine rings is 1. The predicted octanol–water partition coefficient (Wildman–Crippen LogP) is 3.94. The highest BCUT2D eigenvalue weighted by atomic mass is 16.5. The van der Waals surface area contributed by atoms with Gasteiger partial charge in [0.25, 0.3) is 5.91 Å². The predicted molar refractivity (Wildman–Crippen MR) is 148 cm³/mol. The van der Waals surface area contributed by atoms with Gasteiger partial charge in [0.15, 0.2) is 11.5 Å². The van der Waals surface area contributed by atoms with E-state index in [2.05, 4.69) is 24.8 Å². The molecule has 0 N–H and O–H groups in total. The number of ether oxygens (including phenoxy) is 2. The molecule has 0 bridgehead atoms. The molecular weight excluding hydrogens is 480 g/mol. The summed E-state index contributed by atoms with van der Waals surface area (Å²) in [5.74, 6) is 2.29. The molecule has 0 aliphatic carbocycles. The third-order valence-electron chi connectivity index (χ3n) is 7.75. The molecule has 1 atom stereocenters. The third kappa shape index (κ3) is 5.03. The fourth-order valence-corrected chi connectivity index (χ4v) is 5.61. The second kappa shape index (κ2) is 10.9. The van der Waals surface area contributed by atoms with Gasteiger partial charge in [-0.15, -0.1) is 0 Å². The minimum absolute atomic E-state index is 0.0657. The molecule has 6 rings (SSSR count). The van der Waals surface area contributed by atoms with Crippen molar-refractivity contribution >= 4 is 34.5 Å². The number of aliphatic imine (C=N–C) groups is 1. The van der Waals surface area contributed by atoms with Crippen LogP contribution in [0.4, 0.5) is 11.6 Å². The van der Waals surface area contributed by atoms with E-state index >= 15 is 0 Å². The van der Waals surface area contributed by atoms with Crippen molar-refractivity contribution < 1.29 is 14.3 Å². The molecule has 0 radical (unpaired) electrons. The van der Waals surface area contributed by atoms with Gasteiger partial charge in [0.05, 0.1) is 31.0 Å². The van der Waals surface area contributed by atoms with Crippen molar-refractivity contribution in [2.75, 3.05) is 57.9 Å². The first-order valence-corrected chi connectivity index (χ1v) is 13.6. The number of unbranched alkanes of at least 4 members (excludes halogenated alkanes) is 1. The summed E-state index contributed by atoms with van der Waals surface area (Å²) in [5.41, 5.74) is 1.39. The largest absolute Gasteiger partial charge is 0.493 e. The number of hydrogen-bond acceptors (Lipinski definition) is 8. The lowest BCUT2D eigenvalue weighted by Crippen LogP contribution is -2.47. The summed E-state index contributed by atoms with van der Waals surface area (Å²) in [6, 6.07) is 9.86. The van der Waals surface area contributed by atoms with E-state index in [0.29, 0.717) is 17.9 Å². The monoisotopic (exact) mass is 514 g/mol. The van der Waals surface area contributed by atoms with Crippen LogP contribution >= 0.6 is 0 Å². The van der Waals surface area contributed by atoms with E-state index in [1.165, 1.54) is 0 Å². The van der Waals surface area contributed by atoms with Gasteiger partial charge in [0.1, 0.15) is 0 Å². The lowest BCUT2D eigenvalue weighted by molar-refractivity contribution is 0.0775. The van der Waals surface area contributed by atoms with Gasteiger partial charge in [-0.2, -0.15) is 0 Å². The van der Waals surface area contributed by atoms with Crippen LogP contribution < -0.4 is 14.4 Å². The third-order valence-corrected chi connectivity index (χ3v) is 7.75. The number of amides is 1.